The summed E-state index contributed by atoms with van der Waals surface area (Å²) in [4.78, 5) is 23.3. The molecule has 0 bridgehead atoms. The predicted molar refractivity (Wildman–Crippen MR) is 318 cm³/mol. The van der Waals surface area contributed by atoms with Gasteiger partial charge in [-0.25, -0.2) is 4.57 Å². The van der Waals surface area contributed by atoms with Crippen molar-refractivity contribution in [1.82, 2.24) is 5.32 Å². The summed E-state index contributed by atoms with van der Waals surface area (Å²) in [5, 5.41) is 14.0. The normalized spacial score (nSPS) is 14.3. The van der Waals surface area contributed by atoms with Crippen molar-refractivity contribution in [2.45, 2.75) is 289 Å². The average molecular weight is 1040 g/mol. The summed E-state index contributed by atoms with van der Waals surface area (Å²) in [6.45, 7) is 4.72. The van der Waals surface area contributed by atoms with E-state index in [1.807, 2.05) is 27.2 Å². The van der Waals surface area contributed by atoms with E-state index in [1.165, 1.54) is 173 Å². The minimum Gasteiger partial charge on any atom is -0.387 e. The summed E-state index contributed by atoms with van der Waals surface area (Å²) in [6, 6.07) is -0.858. The molecule has 0 aromatic carbocycles. The number of phosphoric ester groups is 1. The fourth-order valence-electron chi connectivity index (χ4n) is 8.89. The van der Waals surface area contributed by atoms with Crippen LogP contribution in [-0.2, 0) is 18.4 Å². The molecule has 8 nitrogen and oxygen atoms in total. The standard InChI is InChI=1S/C64H119N2O6P/c1-6-8-10-12-14-16-18-20-22-24-26-28-30-31-32-33-34-36-37-39-41-43-45-47-49-51-53-55-57-63(67)62(61-72-73(69,70)71-60-59-66(3,4)5)65-64(68)58-56-54-52-50-48-46-44-42-40-38-35-29-27-25-23-21-19-17-15-13-11-9-7-2/h9,11,15,17,21,23,27,29,38,40,55,57,62-63,67H,6-8,10,12-14,16,18-20,22,24-26,28,30-37,39,41-54,56,58-61H2,1-5H3,(H-,65,68,69,70)/p+1/b11-9-,17-15-,23-21-,29-27-,40-38-,57-55+. The third-order valence-corrected chi connectivity index (χ3v) is 14.7. The number of hydrogen-bond acceptors (Lipinski definition) is 5. The topological polar surface area (TPSA) is 105 Å². The van der Waals surface area contributed by atoms with Gasteiger partial charge in [0, 0.05) is 6.42 Å². The summed E-state index contributed by atoms with van der Waals surface area (Å²) in [5.74, 6) is -0.188. The second-order valence-electron chi connectivity index (χ2n) is 22.1. The molecule has 0 saturated heterocycles. The third-order valence-electron chi connectivity index (χ3n) is 13.7. The summed E-state index contributed by atoms with van der Waals surface area (Å²) in [6.07, 6.45) is 75.8. The Balaban J connectivity index is 4.19. The fraction of sp³-hybridized carbons (Fsp3) is 0.797. The number of carbonyl (C=O) groups excluding carboxylic acids is 1. The number of unbranched alkanes of at least 4 members (excludes halogenated alkanes) is 33. The largest absolute Gasteiger partial charge is 0.472 e. The highest BCUT2D eigenvalue weighted by atomic mass is 31.2. The molecule has 0 heterocycles. The van der Waals surface area contributed by atoms with E-state index in [-0.39, 0.29) is 19.1 Å². The van der Waals surface area contributed by atoms with E-state index in [2.05, 4.69) is 79.9 Å². The molecule has 0 radical (unpaired) electrons. The Morgan fingerprint density at radius 2 is 0.822 bits per heavy atom. The molecule has 0 aromatic heterocycles. The minimum absolute atomic E-state index is 0.0562. The van der Waals surface area contributed by atoms with Crippen molar-refractivity contribution in [2.75, 3.05) is 40.9 Å². The quantitative estimate of drug-likeness (QED) is 0.0243. The lowest BCUT2D eigenvalue weighted by Gasteiger charge is -2.25. The van der Waals surface area contributed by atoms with Crippen LogP contribution in [0.25, 0.3) is 0 Å². The molecule has 0 spiro atoms. The number of nitrogens with zero attached hydrogens (tertiary/aromatic N) is 1. The number of allylic oxidation sites excluding steroid dienone is 11. The molecular formula is C64H120N2O6P+. The van der Waals surface area contributed by atoms with E-state index < -0.39 is 20.0 Å². The van der Waals surface area contributed by atoms with Crippen LogP contribution in [0.1, 0.15) is 277 Å². The van der Waals surface area contributed by atoms with Gasteiger partial charge in [-0.2, -0.15) is 0 Å². The highest BCUT2D eigenvalue weighted by molar-refractivity contribution is 7.47. The van der Waals surface area contributed by atoms with Gasteiger partial charge < -0.3 is 19.8 Å². The summed E-state index contributed by atoms with van der Waals surface area (Å²) in [5.41, 5.74) is 0. The van der Waals surface area contributed by atoms with Crippen molar-refractivity contribution >= 4 is 13.7 Å². The van der Waals surface area contributed by atoms with E-state index in [4.69, 9.17) is 9.05 Å². The molecule has 0 fully saturated rings. The monoisotopic (exact) mass is 1040 g/mol. The number of quaternary nitrogens is 1. The molecule has 73 heavy (non-hydrogen) atoms. The maximum absolute atomic E-state index is 13.0. The number of amides is 1. The molecule has 1 amide bonds. The number of aliphatic hydroxyl groups is 1. The Morgan fingerprint density at radius 3 is 1.21 bits per heavy atom. The zero-order valence-electron chi connectivity index (χ0n) is 48.6. The van der Waals surface area contributed by atoms with E-state index in [1.54, 1.807) is 6.08 Å². The zero-order valence-corrected chi connectivity index (χ0v) is 49.5. The van der Waals surface area contributed by atoms with Gasteiger partial charge in [0.25, 0.3) is 0 Å². The first-order valence-corrected chi connectivity index (χ1v) is 32.3. The van der Waals surface area contributed by atoms with Crippen LogP contribution >= 0.6 is 7.82 Å². The first kappa shape index (κ1) is 70.9. The Kier molecular flexibility index (Phi) is 53.2. The average Bonchev–Trinajstić information content (AvgIpc) is 3.35. The zero-order chi connectivity index (χ0) is 53.5. The Labute approximate surface area is 453 Å². The summed E-state index contributed by atoms with van der Waals surface area (Å²) < 4.78 is 23.7. The van der Waals surface area contributed by atoms with Crippen molar-refractivity contribution in [2.24, 2.45) is 0 Å². The molecule has 426 valence electrons. The molecule has 0 rings (SSSR count). The van der Waals surface area contributed by atoms with E-state index in [9.17, 15) is 19.4 Å². The van der Waals surface area contributed by atoms with Crippen LogP contribution in [-0.4, -0.2) is 73.4 Å². The van der Waals surface area contributed by atoms with Crippen molar-refractivity contribution in [3.05, 3.63) is 72.9 Å². The first-order valence-electron chi connectivity index (χ1n) is 30.8. The van der Waals surface area contributed by atoms with Crippen LogP contribution in [0.3, 0.4) is 0 Å². The van der Waals surface area contributed by atoms with E-state index >= 15 is 0 Å². The maximum Gasteiger partial charge on any atom is 0.472 e. The van der Waals surface area contributed by atoms with Gasteiger partial charge in [-0.3, -0.25) is 13.8 Å². The second-order valence-corrected chi connectivity index (χ2v) is 23.5. The number of likely N-dealkylation sites (N-methyl/N-ethyl adjacent to an activating group) is 1. The number of rotatable bonds is 56. The molecule has 0 aromatic rings. The lowest BCUT2D eigenvalue weighted by atomic mass is 10.0. The molecule has 0 aliphatic carbocycles. The minimum atomic E-state index is -4.36. The molecule has 9 heteroatoms. The number of hydrogen-bond donors (Lipinski definition) is 3. The molecule has 3 N–H and O–H groups in total. The maximum atomic E-state index is 13.0. The van der Waals surface area contributed by atoms with Crippen molar-refractivity contribution in [3.63, 3.8) is 0 Å². The molecule has 0 aliphatic heterocycles. The molecular weight excluding hydrogens is 924 g/mol. The molecule has 3 atom stereocenters. The van der Waals surface area contributed by atoms with Crippen LogP contribution in [0, 0.1) is 0 Å². The van der Waals surface area contributed by atoms with Crippen LogP contribution in [0.2, 0.25) is 0 Å². The van der Waals surface area contributed by atoms with Gasteiger partial charge in [0.1, 0.15) is 13.2 Å². The smallest absolute Gasteiger partial charge is 0.387 e. The Morgan fingerprint density at radius 1 is 0.479 bits per heavy atom. The lowest BCUT2D eigenvalue weighted by Crippen LogP contribution is -2.45. The Hall–Kier alpha value is -2.06. The van der Waals surface area contributed by atoms with Crippen molar-refractivity contribution in [1.29, 1.82) is 0 Å². The second kappa shape index (κ2) is 54.7. The molecule has 3 unspecified atom stereocenters. The lowest BCUT2D eigenvalue weighted by molar-refractivity contribution is -0.870. The number of phosphoric acid groups is 1. The van der Waals surface area contributed by atoms with Crippen LogP contribution in [0.4, 0.5) is 0 Å². The predicted octanol–water partition coefficient (Wildman–Crippen LogP) is 19.0. The van der Waals surface area contributed by atoms with Crippen LogP contribution in [0.5, 0.6) is 0 Å². The van der Waals surface area contributed by atoms with Crippen molar-refractivity contribution in [3.8, 4) is 0 Å². The number of aliphatic hydroxyl groups excluding tert-OH is 1. The van der Waals surface area contributed by atoms with Gasteiger partial charge in [0.05, 0.1) is 39.9 Å². The number of carbonyl (C=O) groups is 1. The van der Waals surface area contributed by atoms with Gasteiger partial charge in [0.15, 0.2) is 0 Å². The highest BCUT2D eigenvalue weighted by Gasteiger charge is 2.27. The highest BCUT2D eigenvalue weighted by Crippen LogP contribution is 2.43. The van der Waals surface area contributed by atoms with Gasteiger partial charge in [0.2, 0.25) is 5.91 Å². The molecule has 0 aliphatic rings. The van der Waals surface area contributed by atoms with Crippen molar-refractivity contribution < 1.29 is 32.9 Å². The summed E-state index contributed by atoms with van der Waals surface area (Å²) >= 11 is 0. The third kappa shape index (κ3) is 57.5. The van der Waals surface area contributed by atoms with Crippen LogP contribution < -0.4 is 5.32 Å². The van der Waals surface area contributed by atoms with Crippen LogP contribution in [0.15, 0.2) is 72.9 Å². The van der Waals surface area contributed by atoms with Gasteiger partial charge in [-0.15, -0.1) is 0 Å². The SMILES string of the molecule is CC/C=C\C/C=C\C/C=C\C/C=C\C/C=C\CCCCCCCCCC(=O)NC(COP(=O)(O)OCC[N+](C)(C)C)C(O)/C=C/CCCCCCCCCCCCCCCCCCCCCCCCCCCC. The van der Waals surface area contributed by atoms with E-state index in [0.717, 1.165) is 83.5 Å². The Bertz CT molecular complexity index is 1420. The van der Waals surface area contributed by atoms with E-state index in [0.29, 0.717) is 17.4 Å². The van der Waals surface area contributed by atoms with Gasteiger partial charge >= 0.3 is 7.82 Å². The van der Waals surface area contributed by atoms with Gasteiger partial charge in [-0.05, 0) is 64.2 Å². The fourth-order valence-corrected chi connectivity index (χ4v) is 9.63. The molecule has 0 saturated carbocycles. The van der Waals surface area contributed by atoms with Gasteiger partial charge in [-0.1, -0.05) is 279 Å². The number of nitrogens with one attached hydrogen (secondary N) is 1. The first-order chi connectivity index (χ1) is 35.5. The summed E-state index contributed by atoms with van der Waals surface area (Å²) in [7, 11) is 1.56.